The van der Waals surface area contributed by atoms with Gasteiger partial charge >= 0.3 is 18.1 Å². The van der Waals surface area contributed by atoms with E-state index in [1.165, 1.54) is 0 Å². The Balaban J connectivity index is 2.00. The molecular weight excluding hydrogens is 472 g/mol. The molecule has 4 bridgehead atoms. The van der Waals surface area contributed by atoms with Gasteiger partial charge in [-0.05, 0) is 84.5 Å². The van der Waals surface area contributed by atoms with Crippen molar-refractivity contribution in [2.45, 2.75) is 105 Å². The summed E-state index contributed by atoms with van der Waals surface area (Å²) in [6, 6.07) is 0. The summed E-state index contributed by atoms with van der Waals surface area (Å²) in [5.74, 6) is 0. The van der Waals surface area contributed by atoms with Gasteiger partial charge in [-0.3, -0.25) is 0 Å². The standard InChI is InChI=1S/C24H48O8Si2/c1-9-25-33(26-10-2,27-11-3)31-23-16-21(7)15-22(8,17-23)19-24(18-21,20-23)32-34(28-12-4,29-13-5)30-14-6/h9-20H2,1-8H3. The smallest absolute Gasteiger partial charge is 0.351 e. The Morgan fingerprint density at radius 2 is 0.706 bits per heavy atom. The van der Waals surface area contributed by atoms with Gasteiger partial charge in [0.15, 0.2) is 0 Å². The number of rotatable bonds is 16. The van der Waals surface area contributed by atoms with Gasteiger partial charge in [0.1, 0.15) is 0 Å². The molecule has 0 saturated heterocycles. The highest BCUT2D eigenvalue weighted by Crippen LogP contribution is 2.70. The lowest BCUT2D eigenvalue weighted by Gasteiger charge is -2.69. The molecule has 4 aliphatic rings. The van der Waals surface area contributed by atoms with E-state index in [1.807, 2.05) is 41.5 Å². The third kappa shape index (κ3) is 5.98. The van der Waals surface area contributed by atoms with Crippen LogP contribution in [-0.2, 0) is 35.4 Å². The third-order valence-electron chi connectivity index (χ3n) is 7.10. The lowest BCUT2D eigenvalue weighted by Crippen LogP contribution is -2.72. The molecule has 8 nitrogen and oxygen atoms in total. The maximum absolute atomic E-state index is 6.99. The summed E-state index contributed by atoms with van der Waals surface area (Å²) in [6.07, 6.45) is 5.64. The molecule has 0 aromatic heterocycles. The molecule has 0 amide bonds. The van der Waals surface area contributed by atoms with Crippen molar-refractivity contribution in [1.82, 2.24) is 0 Å². The molecule has 4 fully saturated rings. The van der Waals surface area contributed by atoms with Crippen LogP contribution in [0.2, 0.25) is 0 Å². The van der Waals surface area contributed by atoms with Crippen molar-refractivity contribution in [2.24, 2.45) is 10.8 Å². The van der Waals surface area contributed by atoms with E-state index in [0.717, 1.165) is 38.5 Å². The molecule has 0 unspecified atom stereocenters. The fraction of sp³-hybridized carbons (Fsp3) is 1.00. The maximum atomic E-state index is 6.99. The molecule has 0 radical (unpaired) electrons. The fourth-order valence-corrected chi connectivity index (χ4v) is 12.2. The minimum Gasteiger partial charge on any atom is -0.351 e. The second kappa shape index (κ2) is 10.8. The Kier molecular flexibility index (Phi) is 9.15. The molecular formula is C24H48O8Si2. The van der Waals surface area contributed by atoms with Crippen molar-refractivity contribution in [3.8, 4) is 0 Å². The molecule has 0 aromatic carbocycles. The van der Waals surface area contributed by atoms with E-state index in [9.17, 15) is 0 Å². The van der Waals surface area contributed by atoms with Gasteiger partial charge in [0.2, 0.25) is 0 Å². The fourth-order valence-electron chi connectivity index (χ4n) is 7.71. The van der Waals surface area contributed by atoms with E-state index >= 15 is 0 Å². The van der Waals surface area contributed by atoms with Crippen molar-refractivity contribution in [1.29, 1.82) is 0 Å². The molecule has 0 atom stereocenters. The summed E-state index contributed by atoms with van der Waals surface area (Å²) in [4.78, 5) is 0. The molecule has 4 aliphatic carbocycles. The zero-order valence-corrected chi connectivity index (χ0v) is 24.8. The molecule has 0 spiro atoms. The van der Waals surface area contributed by atoms with E-state index in [0.29, 0.717) is 39.6 Å². The van der Waals surface area contributed by atoms with Crippen LogP contribution in [0.3, 0.4) is 0 Å². The molecule has 0 N–H and O–H groups in total. The van der Waals surface area contributed by atoms with Crippen molar-refractivity contribution >= 4 is 18.1 Å². The minimum absolute atomic E-state index is 0.0685. The first-order chi connectivity index (χ1) is 16.0. The van der Waals surface area contributed by atoms with Crippen LogP contribution >= 0.6 is 0 Å². The van der Waals surface area contributed by atoms with Gasteiger partial charge in [-0.25, -0.2) is 0 Å². The van der Waals surface area contributed by atoms with Gasteiger partial charge in [0, 0.05) is 46.1 Å². The average Bonchev–Trinajstić information content (AvgIpc) is 2.65. The van der Waals surface area contributed by atoms with Crippen LogP contribution in [0.5, 0.6) is 0 Å². The number of hydrogen-bond acceptors (Lipinski definition) is 8. The van der Waals surface area contributed by atoms with E-state index < -0.39 is 29.3 Å². The molecule has 4 rings (SSSR count). The highest BCUT2D eigenvalue weighted by molar-refractivity contribution is 6.54. The quantitative estimate of drug-likeness (QED) is 0.264. The lowest BCUT2D eigenvalue weighted by atomic mass is 9.42. The molecule has 200 valence electrons. The van der Waals surface area contributed by atoms with Gasteiger partial charge in [0.05, 0.1) is 11.2 Å². The van der Waals surface area contributed by atoms with E-state index in [-0.39, 0.29) is 10.8 Å². The Morgan fingerprint density at radius 3 is 0.941 bits per heavy atom. The van der Waals surface area contributed by atoms with Gasteiger partial charge in [0.25, 0.3) is 0 Å². The van der Waals surface area contributed by atoms with Crippen LogP contribution in [0.25, 0.3) is 0 Å². The summed E-state index contributed by atoms with van der Waals surface area (Å²) >= 11 is 0. The number of hydrogen-bond donors (Lipinski definition) is 0. The van der Waals surface area contributed by atoms with Gasteiger partial charge in [-0.15, -0.1) is 0 Å². The molecule has 0 aromatic rings. The van der Waals surface area contributed by atoms with Gasteiger partial charge < -0.3 is 35.4 Å². The lowest BCUT2D eigenvalue weighted by molar-refractivity contribution is -0.268. The molecule has 34 heavy (non-hydrogen) atoms. The second-order valence-electron chi connectivity index (χ2n) is 10.9. The van der Waals surface area contributed by atoms with Crippen molar-refractivity contribution in [3.05, 3.63) is 0 Å². The topological polar surface area (TPSA) is 73.8 Å². The second-order valence-corrected chi connectivity index (χ2v) is 15.0. The Bertz CT molecular complexity index is 575. The van der Waals surface area contributed by atoms with Crippen molar-refractivity contribution < 1.29 is 35.4 Å². The van der Waals surface area contributed by atoms with Crippen LogP contribution in [0, 0.1) is 10.8 Å². The first-order valence-corrected chi connectivity index (χ1v) is 16.5. The Labute approximate surface area is 209 Å². The molecule has 10 heteroatoms. The van der Waals surface area contributed by atoms with E-state index in [2.05, 4.69) is 13.8 Å². The predicted molar refractivity (Wildman–Crippen MR) is 133 cm³/mol. The van der Waals surface area contributed by atoms with E-state index in [4.69, 9.17) is 35.4 Å². The molecule has 0 heterocycles. The summed E-state index contributed by atoms with van der Waals surface area (Å²) in [6.45, 7) is 19.4. The first kappa shape index (κ1) is 28.7. The Hall–Kier alpha value is 0.114. The first-order valence-electron chi connectivity index (χ1n) is 13.3. The van der Waals surface area contributed by atoms with Crippen LogP contribution < -0.4 is 0 Å². The average molecular weight is 521 g/mol. The summed E-state index contributed by atoms with van der Waals surface area (Å²) in [5, 5.41) is 0. The summed E-state index contributed by atoms with van der Waals surface area (Å²) < 4.78 is 50.8. The largest absolute Gasteiger partial charge is 0.680 e. The zero-order valence-electron chi connectivity index (χ0n) is 22.8. The summed E-state index contributed by atoms with van der Waals surface area (Å²) in [7, 11) is -6.64. The van der Waals surface area contributed by atoms with Crippen LogP contribution in [-0.4, -0.2) is 68.9 Å². The van der Waals surface area contributed by atoms with Crippen LogP contribution in [0.15, 0.2) is 0 Å². The molecule has 4 saturated carbocycles. The van der Waals surface area contributed by atoms with E-state index in [1.54, 1.807) is 0 Å². The minimum atomic E-state index is -3.32. The summed E-state index contributed by atoms with van der Waals surface area (Å²) in [5.41, 5.74) is -0.762. The normalized spacial score (nSPS) is 35.3. The zero-order chi connectivity index (χ0) is 25.1. The Morgan fingerprint density at radius 1 is 0.441 bits per heavy atom. The third-order valence-corrected chi connectivity index (χ3v) is 12.3. The predicted octanol–water partition coefficient (Wildman–Crippen LogP) is 4.98. The maximum Gasteiger partial charge on any atom is 0.680 e. The highest BCUT2D eigenvalue weighted by Gasteiger charge is 2.71. The van der Waals surface area contributed by atoms with Crippen LogP contribution in [0.4, 0.5) is 0 Å². The van der Waals surface area contributed by atoms with Crippen molar-refractivity contribution in [2.75, 3.05) is 39.6 Å². The monoisotopic (exact) mass is 520 g/mol. The highest BCUT2D eigenvalue weighted by atomic mass is 28.4. The van der Waals surface area contributed by atoms with Crippen molar-refractivity contribution in [3.63, 3.8) is 0 Å². The van der Waals surface area contributed by atoms with Gasteiger partial charge in [-0.1, -0.05) is 13.8 Å². The van der Waals surface area contributed by atoms with Crippen LogP contribution in [0.1, 0.15) is 93.9 Å². The molecule has 0 aliphatic heterocycles. The van der Waals surface area contributed by atoms with Gasteiger partial charge in [-0.2, -0.15) is 0 Å². The SMILES string of the molecule is CCO[Si](OCC)(OCC)OC12CC3(C)CC(C)(C1)CC(O[Si](OCC)(OCC)OCC)(C3)C2.